The van der Waals surface area contributed by atoms with Crippen LogP contribution in [0.5, 0.6) is 0 Å². The third-order valence-electron chi connectivity index (χ3n) is 10.9. The summed E-state index contributed by atoms with van der Waals surface area (Å²) in [5.74, 6) is 0.843. The van der Waals surface area contributed by atoms with Crippen LogP contribution >= 0.6 is 11.6 Å². The van der Waals surface area contributed by atoms with Crippen LogP contribution in [0.4, 0.5) is 26.5 Å². The van der Waals surface area contributed by atoms with Gasteiger partial charge in [0.2, 0.25) is 0 Å². The fourth-order valence-corrected chi connectivity index (χ4v) is 8.66. The Balaban J connectivity index is 1.13. The molecule has 1 N–H and O–H groups in total. The summed E-state index contributed by atoms with van der Waals surface area (Å²) in [6, 6.07) is 6.42. The predicted octanol–water partition coefficient (Wildman–Crippen LogP) is 6.51. The molecule has 51 heavy (non-hydrogen) atoms. The van der Waals surface area contributed by atoms with Crippen molar-refractivity contribution in [3.05, 3.63) is 68.5 Å². The molecule has 3 aliphatic heterocycles. The van der Waals surface area contributed by atoms with Crippen LogP contribution in [-0.2, 0) is 29.4 Å². The van der Waals surface area contributed by atoms with Gasteiger partial charge in [0.15, 0.2) is 34.2 Å². The van der Waals surface area contributed by atoms with Gasteiger partial charge in [-0.05, 0) is 101 Å². The number of anilines is 3. The summed E-state index contributed by atoms with van der Waals surface area (Å²) in [7, 11) is 1.77. The number of aryl methyl sites for hydroxylation is 1. The number of carbonyl (C=O) groups excluding carboxylic acids is 1. The molecular formula is C37H44ClFN8O4. The topological polar surface area (TPSA) is 120 Å². The highest BCUT2D eigenvalue weighted by Crippen LogP contribution is 2.53. The number of halogens is 2. The van der Waals surface area contributed by atoms with Crippen molar-refractivity contribution < 1.29 is 18.7 Å². The van der Waals surface area contributed by atoms with Crippen molar-refractivity contribution in [2.75, 3.05) is 36.0 Å². The van der Waals surface area contributed by atoms with Gasteiger partial charge in [-0.25, -0.2) is 23.8 Å². The summed E-state index contributed by atoms with van der Waals surface area (Å²) in [4.78, 5) is 40.5. The SMILES string of the molecule is Cn1ccc2c(c1=O)CCCN2c1nn(C2CCCCO2)c2nc(N3CCC4(CC3)Cc3ccc(F)cc3[C@H]4NC(=O)OC(C)(C)C)c(Cl)nc12. The minimum atomic E-state index is -0.665. The number of alkyl carbamates (subject to hydrolysis) is 1. The number of carbonyl (C=O) groups is 1. The fraction of sp³-hybridized carbons (Fsp3) is 0.541. The number of nitrogens with zero attached hydrogens (tertiary/aromatic N) is 7. The Kier molecular flexibility index (Phi) is 8.48. The van der Waals surface area contributed by atoms with Crippen molar-refractivity contribution in [1.29, 1.82) is 0 Å². The van der Waals surface area contributed by atoms with Crippen molar-refractivity contribution in [1.82, 2.24) is 29.6 Å². The number of hydrogen-bond donors (Lipinski definition) is 1. The van der Waals surface area contributed by atoms with Gasteiger partial charge in [-0.2, -0.15) is 0 Å². The van der Waals surface area contributed by atoms with Crippen molar-refractivity contribution in [3.8, 4) is 0 Å². The van der Waals surface area contributed by atoms with E-state index in [1.807, 2.05) is 37.6 Å². The van der Waals surface area contributed by atoms with Gasteiger partial charge in [-0.1, -0.05) is 17.7 Å². The van der Waals surface area contributed by atoms with Crippen LogP contribution in [0.3, 0.4) is 0 Å². The molecule has 1 spiro atoms. The standard InChI is InChI=1S/C37H44ClFN8O4/c1-36(2,3)51-35(49)41-29-25-20-23(39)11-10-22(25)21-37(29)13-17-45(18-14-37)33-30(38)40-28-31(42-33)47(27-9-5-6-19-50-27)43-32(28)46-15-7-8-24-26(46)12-16-44(4)34(24)48/h10-12,16,20,27,29H,5-9,13-15,17-19,21H2,1-4H3,(H,41,49)/t27?,29-/m1/s1. The van der Waals surface area contributed by atoms with Crippen molar-refractivity contribution in [2.45, 2.75) is 90.0 Å². The number of ether oxygens (including phenoxy) is 2. The number of benzene rings is 1. The van der Waals surface area contributed by atoms with E-state index in [1.165, 1.54) is 6.07 Å². The molecule has 1 aliphatic carbocycles. The number of rotatable bonds is 4. The molecule has 2 saturated heterocycles. The lowest BCUT2D eigenvalue weighted by molar-refractivity contribution is -0.0368. The molecular weight excluding hydrogens is 675 g/mol. The van der Waals surface area contributed by atoms with Crippen molar-refractivity contribution in [3.63, 3.8) is 0 Å². The highest BCUT2D eigenvalue weighted by molar-refractivity contribution is 6.32. The highest BCUT2D eigenvalue weighted by atomic mass is 35.5. The van der Waals surface area contributed by atoms with E-state index in [9.17, 15) is 14.0 Å². The number of pyridine rings is 1. The number of aromatic nitrogens is 5. The van der Waals surface area contributed by atoms with Crippen molar-refractivity contribution in [2.24, 2.45) is 12.5 Å². The zero-order valence-corrected chi connectivity index (χ0v) is 30.3. The first kappa shape index (κ1) is 33.9. The van der Waals surface area contributed by atoms with E-state index in [2.05, 4.69) is 15.1 Å². The van der Waals surface area contributed by atoms with Gasteiger partial charge in [-0.15, -0.1) is 5.10 Å². The van der Waals surface area contributed by atoms with Crippen LogP contribution in [0.2, 0.25) is 5.15 Å². The maximum Gasteiger partial charge on any atom is 0.408 e. The maximum atomic E-state index is 14.5. The van der Waals surface area contributed by atoms with Gasteiger partial charge in [0, 0.05) is 50.5 Å². The van der Waals surface area contributed by atoms with Gasteiger partial charge in [0.25, 0.3) is 5.56 Å². The Morgan fingerprint density at radius 2 is 1.90 bits per heavy atom. The molecule has 12 nitrogen and oxygen atoms in total. The zero-order valence-electron chi connectivity index (χ0n) is 29.5. The Morgan fingerprint density at radius 3 is 2.65 bits per heavy atom. The summed E-state index contributed by atoms with van der Waals surface area (Å²) in [6.07, 6.45) is 7.39. The summed E-state index contributed by atoms with van der Waals surface area (Å²) in [5, 5.41) is 8.47. The Labute approximate surface area is 300 Å². The Bertz CT molecular complexity index is 2060. The lowest BCUT2D eigenvalue weighted by Gasteiger charge is -2.44. The lowest BCUT2D eigenvalue weighted by Crippen LogP contribution is -2.48. The predicted molar refractivity (Wildman–Crippen MR) is 192 cm³/mol. The number of amides is 1. The average Bonchev–Trinajstić information content (AvgIpc) is 3.60. The van der Waals surface area contributed by atoms with E-state index in [0.29, 0.717) is 74.7 Å². The number of nitrogens with one attached hydrogen (secondary N) is 1. The quantitative estimate of drug-likeness (QED) is 0.252. The second-order valence-corrected chi connectivity index (χ2v) is 15.8. The smallest absolute Gasteiger partial charge is 0.408 e. The molecule has 4 aliphatic rings. The molecule has 0 radical (unpaired) electrons. The summed E-state index contributed by atoms with van der Waals surface area (Å²) in [6.45, 7) is 8.00. The van der Waals surface area contributed by atoms with E-state index in [0.717, 1.165) is 48.1 Å². The molecule has 2 fully saturated rings. The van der Waals surface area contributed by atoms with Crippen LogP contribution in [0, 0.1) is 11.2 Å². The first-order valence-corrected chi connectivity index (χ1v) is 18.3. The molecule has 14 heteroatoms. The largest absolute Gasteiger partial charge is 0.444 e. The van der Waals surface area contributed by atoms with E-state index in [4.69, 9.17) is 36.1 Å². The number of fused-ring (bicyclic) bond motifs is 3. The minimum Gasteiger partial charge on any atom is -0.444 e. The van der Waals surface area contributed by atoms with Gasteiger partial charge in [0.05, 0.1) is 11.7 Å². The van der Waals surface area contributed by atoms with Gasteiger partial charge >= 0.3 is 6.09 Å². The third-order valence-corrected chi connectivity index (χ3v) is 11.1. The maximum absolute atomic E-state index is 14.5. The molecule has 8 rings (SSSR count). The summed E-state index contributed by atoms with van der Waals surface area (Å²) >= 11 is 7.02. The fourth-order valence-electron chi connectivity index (χ4n) is 8.41. The molecule has 0 saturated carbocycles. The molecule has 4 aromatic rings. The Hall–Kier alpha value is -4.23. The number of piperidine rings is 1. The molecule has 270 valence electrons. The zero-order chi connectivity index (χ0) is 35.7. The molecule has 6 heterocycles. The highest BCUT2D eigenvalue weighted by Gasteiger charge is 2.49. The summed E-state index contributed by atoms with van der Waals surface area (Å²) < 4.78 is 29.8. The number of hydrogen-bond acceptors (Lipinski definition) is 9. The van der Waals surface area contributed by atoms with Crippen molar-refractivity contribution >= 4 is 46.2 Å². The van der Waals surface area contributed by atoms with E-state index in [1.54, 1.807) is 23.9 Å². The first-order valence-electron chi connectivity index (χ1n) is 18.0. The molecule has 2 atom stereocenters. The lowest BCUT2D eigenvalue weighted by atomic mass is 9.72. The molecule has 1 amide bonds. The van der Waals surface area contributed by atoms with Crippen LogP contribution in [-0.4, -0.2) is 62.3 Å². The van der Waals surface area contributed by atoms with Crippen LogP contribution in [0.25, 0.3) is 11.2 Å². The van der Waals surface area contributed by atoms with Gasteiger partial charge in [-0.3, -0.25) is 4.79 Å². The van der Waals surface area contributed by atoms with Crippen LogP contribution < -0.4 is 20.7 Å². The van der Waals surface area contributed by atoms with Crippen LogP contribution in [0.15, 0.2) is 35.3 Å². The second-order valence-electron chi connectivity index (χ2n) is 15.4. The molecule has 1 unspecified atom stereocenters. The monoisotopic (exact) mass is 718 g/mol. The van der Waals surface area contributed by atoms with E-state index in [-0.39, 0.29) is 28.2 Å². The molecule has 0 bridgehead atoms. The van der Waals surface area contributed by atoms with Gasteiger partial charge < -0.3 is 29.2 Å². The normalized spacial score (nSPS) is 21.5. The first-order chi connectivity index (χ1) is 24.4. The minimum absolute atomic E-state index is 0.00940. The average molecular weight is 719 g/mol. The molecule has 1 aromatic carbocycles. The van der Waals surface area contributed by atoms with E-state index >= 15 is 0 Å². The van der Waals surface area contributed by atoms with Crippen LogP contribution in [0.1, 0.15) is 88.3 Å². The second kappa shape index (κ2) is 12.8. The third kappa shape index (κ3) is 6.11. The summed E-state index contributed by atoms with van der Waals surface area (Å²) in [5.41, 5.74) is 3.56. The van der Waals surface area contributed by atoms with E-state index < -0.39 is 17.7 Å². The Morgan fingerprint density at radius 1 is 1.10 bits per heavy atom. The molecule has 3 aromatic heterocycles. The van der Waals surface area contributed by atoms with Gasteiger partial charge in [0.1, 0.15) is 11.4 Å².